The zero-order chi connectivity index (χ0) is 24.5. The molecule has 176 valence electrons. The second kappa shape index (κ2) is 8.93. The van der Waals surface area contributed by atoms with Gasteiger partial charge in [0.2, 0.25) is 0 Å². The number of benzene rings is 2. The van der Waals surface area contributed by atoms with Crippen molar-refractivity contribution < 1.29 is 22.7 Å². The number of imidazole rings is 1. The fraction of sp³-hybridized carbons (Fsp3) is 0.174. The molecule has 0 radical (unpaired) electrons. The van der Waals surface area contributed by atoms with Gasteiger partial charge in [0.15, 0.2) is 0 Å². The maximum absolute atomic E-state index is 12.3. The van der Waals surface area contributed by atoms with Crippen LogP contribution in [0.1, 0.15) is 25.6 Å². The minimum Gasteiger partial charge on any atom is -0.406 e. The third kappa shape index (κ3) is 5.03. The summed E-state index contributed by atoms with van der Waals surface area (Å²) >= 11 is 0. The summed E-state index contributed by atoms with van der Waals surface area (Å²) in [6.45, 7) is 4.08. The lowest BCUT2D eigenvalue weighted by molar-refractivity contribution is -0.274. The number of ether oxygens (including phenoxy) is 1. The van der Waals surface area contributed by atoms with Crippen LogP contribution in [-0.2, 0) is 0 Å². The number of nitrogen functional groups attached to an aromatic ring is 1. The highest BCUT2D eigenvalue weighted by molar-refractivity contribution is 6.00. The Balaban J connectivity index is 1.47. The molecule has 4 aromatic rings. The number of carbonyl (C=O) groups is 1. The van der Waals surface area contributed by atoms with E-state index in [9.17, 15) is 18.0 Å². The van der Waals surface area contributed by atoms with Crippen LogP contribution < -0.4 is 21.1 Å². The molecule has 0 saturated carbocycles. The minimum atomic E-state index is -4.78. The summed E-state index contributed by atoms with van der Waals surface area (Å²) in [5.74, 6) is 1.01. The third-order valence-electron chi connectivity index (χ3n) is 4.89. The SMILES string of the molecule is CC(C)c1nc(-c2ccc(NC(=O)Nc3ccc(OC(F)(F)F)cc3)cc2)c2c(N)nccn12. The molecular weight excluding hydrogens is 449 g/mol. The Morgan fingerprint density at radius 2 is 1.62 bits per heavy atom. The van der Waals surface area contributed by atoms with E-state index in [1.165, 1.54) is 12.1 Å². The van der Waals surface area contributed by atoms with E-state index in [1.807, 2.05) is 24.4 Å². The van der Waals surface area contributed by atoms with Crippen LogP contribution in [0.15, 0.2) is 60.9 Å². The molecule has 0 aliphatic heterocycles. The van der Waals surface area contributed by atoms with Crippen LogP contribution in [-0.4, -0.2) is 26.8 Å². The molecule has 2 amide bonds. The van der Waals surface area contributed by atoms with Crippen LogP contribution in [0.5, 0.6) is 5.75 Å². The number of aromatic nitrogens is 3. The standard InChI is InChI=1S/C23H21F3N6O2/c1-13(2)21-31-18(19-20(27)28-11-12-32(19)21)14-3-5-15(6-4-14)29-22(33)30-16-7-9-17(10-8-16)34-23(24,25)26/h3-13H,1-2H3,(H2,27,28)(H2,29,30,33). The summed E-state index contributed by atoms with van der Waals surface area (Å²) in [5, 5.41) is 5.22. The average molecular weight is 470 g/mol. The number of anilines is 3. The van der Waals surface area contributed by atoms with E-state index in [2.05, 4.69) is 20.4 Å². The first kappa shape index (κ1) is 22.9. The number of halogens is 3. The lowest BCUT2D eigenvalue weighted by Crippen LogP contribution is -2.19. The normalized spacial score (nSPS) is 11.6. The first-order valence-corrected chi connectivity index (χ1v) is 10.3. The average Bonchev–Trinajstić information content (AvgIpc) is 3.16. The van der Waals surface area contributed by atoms with E-state index in [0.717, 1.165) is 23.5 Å². The van der Waals surface area contributed by atoms with Crippen LogP contribution in [0.25, 0.3) is 16.8 Å². The molecule has 0 spiro atoms. The first-order valence-electron chi connectivity index (χ1n) is 10.3. The molecule has 0 aliphatic rings. The molecule has 0 aliphatic carbocycles. The number of fused-ring (bicyclic) bond motifs is 1. The zero-order valence-corrected chi connectivity index (χ0v) is 18.2. The minimum absolute atomic E-state index is 0.168. The topological polar surface area (TPSA) is 107 Å². The number of nitrogens with one attached hydrogen (secondary N) is 2. The number of nitrogens with zero attached hydrogens (tertiary/aromatic N) is 3. The van der Waals surface area contributed by atoms with Crippen molar-refractivity contribution in [1.82, 2.24) is 14.4 Å². The highest BCUT2D eigenvalue weighted by atomic mass is 19.4. The smallest absolute Gasteiger partial charge is 0.406 e. The van der Waals surface area contributed by atoms with Gasteiger partial charge in [-0.2, -0.15) is 0 Å². The van der Waals surface area contributed by atoms with Crippen LogP contribution in [0.2, 0.25) is 0 Å². The predicted molar refractivity (Wildman–Crippen MR) is 123 cm³/mol. The Morgan fingerprint density at radius 1 is 1.03 bits per heavy atom. The van der Waals surface area contributed by atoms with Gasteiger partial charge in [-0.3, -0.25) is 4.40 Å². The van der Waals surface area contributed by atoms with Gasteiger partial charge in [-0.1, -0.05) is 26.0 Å². The largest absolute Gasteiger partial charge is 0.573 e. The highest BCUT2D eigenvalue weighted by Crippen LogP contribution is 2.31. The van der Waals surface area contributed by atoms with Gasteiger partial charge in [-0.05, 0) is 36.4 Å². The van der Waals surface area contributed by atoms with Gasteiger partial charge in [0.05, 0.1) is 0 Å². The van der Waals surface area contributed by atoms with Gasteiger partial charge < -0.3 is 21.1 Å². The molecule has 4 N–H and O–H groups in total. The molecule has 0 saturated heterocycles. The molecule has 0 unspecified atom stereocenters. The molecule has 11 heteroatoms. The molecule has 2 heterocycles. The number of carbonyl (C=O) groups excluding carboxylic acids is 1. The van der Waals surface area contributed by atoms with Gasteiger partial charge in [-0.15, -0.1) is 13.2 Å². The Morgan fingerprint density at radius 3 is 2.18 bits per heavy atom. The summed E-state index contributed by atoms with van der Waals surface area (Å²) in [4.78, 5) is 21.2. The van der Waals surface area contributed by atoms with Crippen molar-refractivity contribution in [2.75, 3.05) is 16.4 Å². The van der Waals surface area contributed by atoms with Crippen molar-refractivity contribution in [2.45, 2.75) is 26.1 Å². The molecular formula is C23H21F3N6O2. The third-order valence-corrected chi connectivity index (χ3v) is 4.89. The maximum atomic E-state index is 12.3. The summed E-state index contributed by atoms with van der Waals surface area (Å²) in [6, 6.07) is 11.3. The van der Waals surface area contributed by atoms with Crippen molar-refractivity contribution in [3.63, 3.8) is 0 Å². The number of nitrogens with two attached hydrogens (primary N) is 1. The summed E-state index contributed by atoms with van der Waals surface area (Å²) in [5.41, 5.74) is 9.13. The molecule has 34 heavy (non-hydrogen) atoms. The van der Waals surface area contributed by atoms with Crippen molar-refractivity contribution in [3.8, 4) is 17.0 Å². The summed E-state index contributed by atoms with van der Waals surface area (Å²) in [6.07, 6.45) is -1.33. The van der Waals surface area contributed by atoms with Crippen LogP contribution in [0.3, 0.4) is 0 Å². The molecule has 8 nitrogen and oxygen atoms in total. The van der Waals surface area contributed by atoms with E-state index in [0.29, 0.717) is 28.4 Å². The monoisotopic (exact) mass is 470 g/mol. The predicted octanol–water partition coefficient (Wildman–Crippen LogP) is 5.64. The quantitative estimate of drug-likeness (QED) is 0.350. The highest BCUT2D eigenvalue weighted by Gasteiger charge is 2.31. The van der Waals surface area contributed by atoms with E-state index < -0.39 is 12.4 Å². The van der Waals surface area contributed by atoms with Gasteiger partial charge in [-0.25, -0.2) is 14.8 Å². The van der Waals surface area contributed by atoms with E-state index in [4.69, 9.17) is 10.7 Å². The zero-order valence-electron chi connectivity index (χ0n) is 18.2. The van der Waals surface area contributed by atoms with Crippen molar-refractivity contribution in [3.05, 3.63) is 66.7 Å². The number of rotatable bonds is 5. The second-order valence-electron chi connectivity index (χ2n) is 7.73. The van der Waals surface area contributed by atoms with Gasteiger partial charge in [0, 0.05) is 35.2 Å². The molecule has 2 aromatic carbocycles. The fourth-order valence-electron chi connectivity index (χ4n) is 3.44. The van der Waals surface area contributed by atoms with E-state index in [-0.39, 0.29) is 11.7 Å². The van der Waals surface area contributed by atoms with Crippen molar-refractivity contribution >= 4 is 28.7 Å². The maximum Gasteiger partial charge on any atom is 0.573 e. The van der Waals surface area contributed by atoms with Crippen LogP contribution in [0, 0.1) is 0 Å². The number of urea groups is 1. The van der Waals surface area contributed by atoms with Crippen molar-refractivity contribution in [1.29, 1.82) is 0 Å². The molecule has 0 bridgehead atoms. The second-order valence-corrected chi connectivity index (χ2v) is 7.73. The number of hydrogen-bond acceptors (Lipinski definition) is 5. The van der Waals surface area contributed by atoms with Crippen LogP contribution >= 0.6 is 0 Å². The van der Waals surface area contributed by atoms with Gasteiger partial charge in [0.25, 0.3) is 0 Å². The Hall–Kier alpha value is -4.28. The van der Waals surface area contributed by atoms with E-state index >= 15 is 0 Å². The first-order chi connectivity index (χ1) is 16.1. The lowest BCUT2D eigenvalue weighted by Gasteiger charge is -2.11. The number of amides is 2. The lowest BCUT2D eigenvalue weighted by atomic mass is 10.1. The summed E-state index contributed by atoms with van der Waals surface area (Å²) < 4.78 is 42.5. The number of alkyl halides is 3. The van der Waals surface area contributed by atoms with Gasteiger partial charge >= 0.3 is 12.4 Å². The Labute approximate surface area is 192 Å². The molecule has 0 fully saturated rings. The Kier molecular flexibility index (Phi) is 6.01. The number of hydrogen-bond donors (Lipinski definition) is 3. The molecule has 2 aromatic heterocycles. The molecule has 0 atom stereocenters. The van der Waals surface area contributed by atoms with Crippen molar-refractivity contribution in [2.24, 2.45) is 0 Å². The van der Waals surface area contributed by atoms with Gasteiger partial charge in [0.1, 0.15) is 28.6 Å². The van der Waals surface area contributed by atoms with E-state index in [1.54, 1.807) is 30.5 Å². The Bertz CT molecular complexity index is 1320. The fourth-order valence-corrected chi connectivity index (χ4v) is 3.44. The van der Waals surface area contributed by atoms with Crippen LogP contribution in [0.4, 0.5) is 35.2 Å². The summed E-state index contributed by atoms with van der Waals surface area (Å²) in [7, 11) is 0. The molecule has 4 rings (SSSR count).